The van der Waals surface area contributed by atoms with Crippen LogP contribution in [0.1, 0.15) is 22.8 Å². The van der Waals surface area contributed by atoms with E-state index in [4.69, 9.17) is 0 Å². The average Bonchev–Trinajstić information content (AvgIpc) is 2.34. The lowest BCUT2D eigenvalue weighted by atomic mass is 10.1. The van der Waals surface area contributed by atoms with E-state index in [1.54, 1.807) is 6.07 Å². The standard InChI is InChI=1S/C15H13FOS/c1-10-3-6-13(7-4-10)18-15-8-5-12(16)9-14(15)11(2)17/h3-9H,1-2H3. The first-order valence-electron chi connectivity index (χ1n) is 5.61. The van der Waals surface area contributed by atoms with Gasteiger partial charge in [0, 0.05) is 15.4 Å². The molecule has 18 heavy (non-hydrogen) atoms. The predicted octanol–water partition coefficient (Wildman–Crippen LogP) is 4.49. The van der Waals surface area contributed by atoms with E-state index >= 15 is 0 Å². The van der Waals surface area contributed by atoms with E-state index in [0.29, 0.717) is 5.56 Å². The van der Waals surface area contributed by atoms with E-state index in [2.05, 4.69) is 0 Å². The van der Waals surface area contributed by atoms with Gasteiger partial charge in [-0.25, -0.2) is 4.39 Å². The van der Waals surface area contributed by atoms with E-state index in [9.17, 15) is 9.18 Å². The molecule has 0 radical (unpaired) electrons. The monoisotopic (exact) mass is 260 g/mol. The number of Topliss-reactive ketones (excluding diaryl/α,β-unsaturated/α-hetero) is 1. The van der Waals surface area contributed by atoms with Crippen LogP contribution in [0.5, 0.6) is 0 Å². The Balaban J connectivity index is 2.34. The molecule has 2 aromatic rings. The maximum atomic E-state index is 13.1. The molecule has 0 spiro atoms. The van der Waals surface area contributed by atoms with Crippen molar-refractivity contribution in [3.05, 3.63) is 59.4 Å². The first-order valence-corrected chi connectivity index (χ1v) is 6.43. The summed E-state index contributed by atoms with van der Waals surface area (Å²) >= 11 is 1.47. The fourth-order valence-corrected chi connectivity index (χ4v) is 2.57. The van der Waals surface area contributed by atoms with Gasteiger partial charge < -0.3 is 0 Å². The van der Waals surface area contributed by atoms with Crippen LogP contribution in [0.2, 0.25) is 0 Å². The molecule has 0 aliphatic heterocycles. The second-order valence-corrected chi connectivity index (χ2v) is 5.23. The lowest BCUT2D eigenvalue weighted by molar-refractivity contribution is 0.101. The Kier molecular flexibility index (Phi) is 3.82. The zero-order valence-corrected chi connectivity index (χ0v) is 11.1. The van der Waals surface area contributed by atoms with Gasteiger partial charge in [0.25, 0.3) is 0 Å². The molecule has 2 rings (SSSR count). The molecule has 0 heterocycles. The van der Waals surface area contributed by atoms with Gasteiger partial charge in [0.05, 0.1) is 0 Å². The number of carbonyl (C=O) groups excluding carboxylic acids is 1. The minimum atomic E-state index is -0.381. The number of hydrogen-bond donors (Lipinski definition) is 0. The number of benzene rings is 2. The molecule has 0 fully saturated rings. The van der Waals surface area contributed by atoms with Crippen LogP contribution in [0, 0.1) is 12.7 Å². The molecular formula is C15H13FOS. The molecule has 0 bridgehead atoms. The third kappa shape index (κ3) is 2.99. The van der Waals surface area contributed by atoms with Crippen molar-refractivity contribution < 1.29 is 9.18 Å². The number of rotatable bonds is 3. The van der Waals surface area contributed by atoms with Gasteiger partial charge in [0.1, 0.15) is 5.82 Å². The molecule has 3 heteroatoms. The van der Waals surface area contributed by atoms with Crippen LogP contribution in [0.15, 0.2) is 52.3 Å². The molecule has 0 N–H and O–H groups in total. The normalized spacial score (nSPS) is 10.4. The fourth-order valence-electron chi connectivity index (χ4n) is 1.60. The van der Waals surface area contributed by atoms with Gasteiger partial charge in [-0.1, -0.05) is 29.5 Å². The summed E-state index contributed by atoms with van der Waals surface area (Å²) in [7, 11) is 0. The molecule has 2 aromatic carbocycles. The summed E-state index contributed by atoms with van der Waals surface area (Å²) in [6.07, 6.45) is 0. The Morgan fingerprint density at radius 3 is 2.39 bits per heavy atom. The summed E-state index contributed by atoms with van der Waals surface area (Å²) < 4.78 is 13.1. The Morgan fingerprint density at radius 1 is 1.11 bits per heavy atom. The van der Waals surface area contributed by atoms with Crippen molar-refractivity contribution >= 4 is 17.5 Å². The molecule has 92 valence electrons. The SMILES string of the molecule is CC(=O)c1cc(F)ccc1Sc1ccc(C)cc1. The quantitative estimate of drug-likeness (QED) is 0.756. The van der Waals surface area contributed by atoms with Crippen molar-refractivity contribution in [2.75, 3.05) is 0 Å². The maximum Gasteiger partial charge on any atom is 0.161 e. The highest BCUT2D eigenvalue weighted by Gasteiger charge is 2.09. The van der Waals surface area contributed by atoms with Crippen LogP contribution in [-0.2, 0) is 0 Å². The molecule has 0 unspecified atom stereocenters. The zero-order chi connectivity index (χ0) is 13.1. The van der Waals surface area contributed by atoms with Crippen molar-refractivity contribution in [3.8, 4) is 0 Å². The van der Waals surface area contributed by atoms with Crippen molar-refractivity contribution in [1.29, 1.82) is 0 Å². The van der Waals surface area contributed by atoms with E-state index < -0.39 is 0 Å². The van der Waals surface area contributed by atoms with Gasteiger partial charge in [-0.15, -0.1) is 0 Å². The van der Waals surface area contributed by atoms with Crippen LogP contribution >= 0.6 is 11.8 Å². The van der Waals surface area contributed by atoms with Gasteiger partial charge >= 0.3 is 0 Å². The van der Waals surface area contributed by atoms with Gasteiger partial charge in [0.15, 0.2) is 5.78 Å². The molecule has 1 nitrogen and oxygen atoms in total. The van der Waals surface area contributed by atoms with E-state index in [0.717, 1.165) is 9.79 Å². The van der Waals surface area contributed by atoms with Crippen molar-refractivity contribution in [2.24, 2.45) is 0 Å². The highest BCUT2D eigenvalue weighted by atomic mass is 32.2. The Morgan fingerprint density at radius 2 is 1.78 bits per heavy atom. The first kappa shape index (κ1) is 12.8. The number of halogens is 1. The van der Waals surface area contributed by atoms with Crippen molar-refractivity contribution in [1.82, 2.24) is 0 Å². The van der Waals surface area contributed by atoms with Crippen molar-refractivity contribution in [2.45, 2.75) is 23.6 Å². The molecular weight excluding hydrogens is 247 g/mol. The van der Waals surface area contributed by atoms with Gasteiger partial charge in [0.2, 0.25) is 0 Å². The average molecular weight is 260 g/mol. The van der Waals surface area contributed by atoms with E-state index in [1.165, 1.54) is 36.4 Å². The lowest BCUT2D eigenvalue weighted by Gasteiger charge is -2.07. The summed E-state index contributed by atoms with van der Waals surface area (Å²) in [6.45, 7) is 3.47. The van der Waals surface area contributed by atoms with E-state index in [-0.39, 0.29) is 11.6 Å². The third-order valence-corrected chi connectivity index (χ3v) is 3.65. The predicted molar refractivity (Wildman–Crippen MR) is 71.7 cm³/mol. The van der Waals surface area contributed by atoms with Gasteiger partial charge in [-0.2, -0.15) is 0 Å². The largest absolute Gasteiger partial charge is 0.294 e. The maximum absolute atomic E-state index is 13.1. The van der Waals surface area contributed by atoms with Crippen LogP contribution in [-0.4, -0.2) is 5.78 Å². The number of carbonyl (C=O) groups is 1. The summed E-state index contributed by atoms with van der Waals surface area (Å²) in [5.74, 6) is -0.502. The topological polar surface area (TPSA) is 17.1 Å². The number of ketones is 1. The Labute approximate surface area is 110 Å². The molecule has 0 saturated heterocycles. The lowest BCUT2D eigenvalue weighted by Crippen LogP contribution is -1.96. The van der Waals surface area contributed by atoms with Crippen LogP contribution < -0.4 is 0 Å². The molecule has 0 aliphatic carbocycles. The summed E-state index contributed by atoms with van der Waals surface area (Å²) in [6, 6.07) is 12.3. The Bertz CT molecular complexity index is 576. The van der Waals surface area contributed by atoms with Gasteiger partial charge in [-0.3, -0.25) is 4.79 Å². The number of aryl methyl sites for hydroxylation is 1. The molecule has 0 amide bonds. The van der Waals surface area contributed by atoms with Crippen LogP contribution in [0.3, 0.4) is 0 Å². The second kappa shape index (κ2) is 5.36. The molecule has 0 saturated carbocycles. The summed E-state index contributed by atoms with van der Waals surface area (Å²) in [4.78, 5) is 13.3. The summed E-state index contributed by atoms with van der Waals surface area (Å²) in [5, 5.41) is 0. The minimum Gasteiger partial charge on any atom is -0.294 e. The minimum absolute atomic E-state index is 0.121. The van der Waals surface area contributed by atoms with Crippen LogP contribution in [0.25, 0.3) is 0 Å². The molecule has 0 atom stereocenters. The zero-order valence-electron chi connectivity index (χ0n) is 10.2. The summed E-state index contributed by atoms with van der Waals surface area (Å²) in [5.41, 5.74) is 1.62. The fraction of sp³-hybridized carbons (Fsp3) is 0.133. The number of hydrogen-bond acceptors (Lipinski definition) is 2. The highest BCUT2D eigenvalue weighted by molar-refractivity contribution is 7.99. The molecule has 0 aromatic heterocycles. The third-order valence-electron chi connectivity index (χ3n) is 2.57. The van der Waals surface area contributed by atoms with Crippen molar-refractivity contribution in [3.63, 3.8) is 0 Å². The van der Waals surface area contributed by atoms with Crippen LogP contribution in [0.4, 0.5) is 4.39 Å². The highest BCUT2D eigenvalue weighted by Crippen LogP contribution is 2.31. The second-order valence-electron chi connectivity index (χ2n) is 4.11. The first-order chi connectivity index (χ1) is 8.56. The van der Waals surface area contributed by atoms with E-state index in [1.807, 2.05) is 31.2 Å². The Hall–Kier alpha value is -1.61. The van der Waals surface area contributed by atoms with Gasteiger partial charge in [-0.05, 0) is 44.2 Å². The smallest absolute Gasteiger partial charge is 0.161 e. The molecule has 0 aliphatic rings.